The molecule has 4 atom stereocenters. The molecule has 0 spiro atoms. The maximum Gasteiger partial charge on any atom is 0.0411 e. The van der Waals surface area contributed by atoms with Crippen LogP contribution < -0.4 is 0 Å². The first-order valence-electron chi connectivity index (χ1n) is 6.95. The van der Waals surface area contributed by atoms with Crippen molar-refractivity contribution < 1.29 is 0 Å². The summed E-state index contributed by atoms with van der Waals surface area (Å²) in [5.41, 5.74) is 0. The molecule has 2 bridgehead atoms. The van der Waals surface area contributed by atoms with Crippen molar-refractivity contribution in [2.75, 3.05) is 0 Å². The molecule has 3 saturated carbocycles. The van der Waals surface area contributed by atoms with Crippen LogP contribution in [0.4, 0.5) is 0 Å². The Morgan fingerprint density at radius 3 is 1.53 bits per heavy atom. The van der Waals surface area contributed by atoms with E-state index >= 15 is 0 Å². The molecule has 3 fully saturated rings. The second kappa shape index (κ2) is 4.23. The lowest BCUT2D eigenvalue weighted by Crippen LogP contribution is -2.15. The highest BCUT2D eigenvalue weighted by atomic mass is 28.3. The van der Waals surface area contributed by atoms with Gasteiger partial charge in [0, 0.05) is 8.07 Å². The van der Waals surface area contributed by atoms with Gasteiger partial charge in [-0.25, -0.2) is 0 Å². The fraction of sp³-hybridized carbons (Fsp3) is 1.00. The summed E-state index contributed by atoms with van der Waals surface area (Å²) in [4.78, 5) is 0. The first-order chi connectivity index (χ1) is 6.95. The maximum atomic E-state index is 2.33. The van der Waals surface area contributed by atoms with Gasteiger partial charge in [-0.1, -0.05) is 32.6 Å². The molecule has 0 amide bonds. The Morgan fingerprint density at radius 2 is 1.13 bits per heavy atom. The molecule has 3 aliphatic carbocycles. The van der Waals surface area contributed by atoms with Crippen molar-refractivity contribution in [2.45, 2.75) is 64.7 Å². The minimum Gasteiger partial charge on any atom is -0.0697 e. The third-order valence-corrected chi connectivity index (χ3v) is 4.35. The predicted molar refractivity (Wildman–Crippen MR) is 70.9 cm³/mol. The van der Waals surface area contributed by atoms with Crippen LogP contribution in [0.25, 0.3) is 0 Å². The monoisotopic (exact) mass is 224 g/mol. The van der Waals surface area contributed by atoms with E-state index in [0.717, 1.165) is 0 Å². The number of fused-ring (bicyclic) bond motifs is 5. The molecule has 0 aromatic heterocycles. The normalized spacial score (nSPS) is 42.4. The quantitative estimate of drug-likeness (QED) is 0.519. The van der Waals surface area contributed by atoms with Crippen LogP contribution in [-0.2, 0) is 0 Å². The van der Waals surface area contributed by atoms with Gasteiger partial charge in [-0.2, -0.15) is 0 Å². The van der Waals surface area contributed by atoms with Gasteiger partial charge >= 0.3 is 0 Å². The molecule has 3 rings (SSSR count). The lowest BCUT2D eigenvalue weighted by atomic mass is 9.82. The Morgan fingerprint density at radius 1 is 0.733 bits per heavy atom. The summed E-state index contributed by atoms with van der Waals surface area (Å²) < 4.78 is 0. The standard InChI is InChI=1S/C10H16.C4H12Si/c1-2-9-7-4-5-8(6-7)10(9)3-1;1-5(2,3)4/h7-10H,1-6H2;1-4H3. The Bertz CT molecular complexity index is 194. The van der Waals surface area contributed by atoms with Crippen LogP contribution in [0, 0.1) is 23.7 Å². The summed E-state index contributed by atoms with van der Waals surface area (Å²) in [5.74, 6) is 4.80. The Hall–Kier alpha value is 0.217. The molecule has 0 heterocycles. The summed E-state index contributed by atoms with van der Waals surface area (Å²) in [7, 11) is -0.611. The third kappa shape index (κ3) is 2.86. The molecular weight excluding hydrogens is 196 g/mol. The van der Waals surface area contributed by atoms with Gasteiger partial charge in [0.2, 0.25) is 0 Å². The van der Waals surface area contributed by atoms with Crippen molar-refractivity contribution in [3.05, 3.63) is 0 Å². The van der Waals surface area contributed by atoms with Crippen LogP contribution in [-0.4, -0.2) is 8.07 Å². The van der Waals surface area contributed by atoms with Gasteiger partial charge in [0.15, 0.2) is 0 Å². The Kier molecular flexibility index (Phi) is 3.30. The number of hydrogen-bond donors (Lipinski definition) is 0. The minimum atomic E-state index is -0.611. The van der Waals surface area contributed by atoms with Gasteiger partial charge in [-0.15, -0.1) is 0 Å². The third-order valence-electron chi connectivity index (χ3n) is 4.35. The molecule has 0 nitrogen and oxygen atoms in total. The molecule has 0 saturated heterocycles. The van der Waals surface area contributed by atoms with Crippen molar-refractivity contribution in [2.24, 2.45) is 23.7 Å². The van der Waals surface area contributed by atoms with E-state index in [9.17, 15) is 0 Å². The summed E-state index contributed by atoms with van der Waals surface area (Å²) in [6, 6.07) is 0. The van der Waals surface area contributed by atoms with E-state index in [0.29, 0.717) is 0 Å². The average Bonchev–Trinajstić information content (AvgIpc) is 2.74. The zero-order valence-corrected chi connectivity index (χ0v) is 12.1. The maximum absolute atomic E-state index is 2.33. The van der Waals surface area contributed by atoms with Crippen LogP contribution in [0.5, 0.6) is 0 Å². The lowest BCUT2D eigenvalue weighted by Gasteiger charge is -2.23. The van der Waals surface area contributed by atoms with Gasteiger partial charge < -0.3 is 0 Å². The zero-order valence-electron chi connectivity index (χ0n) is 11.1. The van der Waals surface area contributed by atoms with Gasteiger partial charge in [-0.3, -0.25) is 0 Å². The van der Waals surface area contributed by atoms with Gasteiger partial charge in [0.05, 0.1) is 0 Å². The summed E-state index contributed by atoms with van der Waals surface area (Å²) >= 11 is 0. The minimum absolute atomic E-state index is 0.611. The highest BCUT2D eigenvalue weighted by Gasteiger charge is 2.48. The largest absolute Gasteiger partial charge is 0.0697 e. The van der Waals surface area contributed by atoms with E-state index in [-0.39, 0.29) is 0 Å². The molecule has 0 aliphatic heterocycles. The van der Waals surface area contributed by atoms with Gasteiger partial charge in [0.25, 0.3) is 0 Å². The first-order valence-corrected chi connectivity index (χ1v) is 10.9. The van der Waals surface area contributed by atoms with Crippen molar-refractivity contribution in [3.8, 4) is 0 Å². The van der Waals surface area contributed by atoms with Crippen LogP contribution in [0.15, 0.2) is 0 Å². The number of hydrogen-bond acceptors (Lipinski definition) is 0. The van der Waals surface area contributed by atoms with Gasteiger partial charge in [0.1, 0.15) is 0 Å². The molecular formula is C14H28Si. The SMILES string of the molecule is C1CC2C3CCC(C3)C2C1.C[Si](C)(C)C. The van der Waals surface area contributed by atoms with E-state index in [1.807, 2.05) is 0 Å². The lowest BCUT2D eigenvalue weighted by molar-refractivity contribution is 0.259. The Labute approximate surface area is 96.9 Å². The second-order valence-corrected chi connectivity index (χ2v) is 13.6. The van der Waals surface area contributed by atoms with Crippen molar-refractivity contribution in [1.82, 2.24) is 0 Å². The molecule has 15 heavy (non-hydrogen) atoms. The summed E-state index contributed by atoms with van der Waals surface area (Å²) in [5, 5.41) is 0. The molecule has 88 valence electrons. The zero-order chi connectivity index (χ0) is 11.1. The highest BCUT2D eigenvalue weighted by Crippen LogP contribution is 2.58. The molecule has 0 aromatic rings. The first kappa shape index (κ1) is 11.7. The smallest absolute Gasteiger partial charge is 0.0411 e. The molecule has 0 N–H and O–H groups in total. The Balaban J connectivity index is 0.000000149. The average molecular weight is 224 g/mol. The van der Waals surface area contributed by atoms with E-state index in [1.165, 1.54) is 23.7 Å². The predicted octanol–water partition coefficient (Wildman–Crippen LogP) is 4.79. The van der Waals surface area contributed by atoms with Crippen LogP contribution in [0.2, 0.25) is 26.2 Å². The van der Waals surface area contributed by atoms with E-state index in [2.05, 4.69) is 26.2 Å². The van der Waals surface area contributed by atoms with Crippen LogP contribution >= 0.6 is 0 Å². The van der Waals surface area contributed by atoms with E-state index in [1.54, 1.807) is 38.5 Å². The molecule has 1 heteroatoms. The molecule has 3 aliphatic rings. The van der Waals surface area contributed by atoms with Crippen molar-refractivity contribution in [1.29, 1.82) is 0 Å². The van der Waals surface area contributed by atoms with Crippen molar-refractivity contribution in [3.63, 3.8) is 0 Å². The van der Waals surface area contributed by atoms with Crippen LogP contribution in [0.1, 0.15) is 38.5 Å². The highest BCUT2D eigenvalue weighted by molar-refractivity contribution is 6.74. The molecule has 4 unspecified atom stereocenters. The second-order valence-electron chi connectivity index (χ2n) is 7.59. The summed E-state index contributed by atoms with van der Waals surface area (Å²) in [6.45, 7) is 9.31. The van der Waals surface area contributed by atoms with Gasteiger partial charge in [-0.05, 0) is 55.8 Å². The van der Waals surface area contributed by atoms with E-state index in [4.69, 9.17) is 0 Å². The fourth-order valence-corrected chi connectivity index (χ4v) is 4.02. The molecule has 0 radical (unpaired) electrons. The topological polar surface area (TPSA) is 0 Å². The van der Waals surface area contributed by atoms with E-state index < -0.39 is 8.07 Å². The summed E-state index contributed by atoms with van der Waals surface area (Å²) in [6.07, 6.45) is 9.53. The van der Waals surface area contributed by atoms with Crippen LogP contribution in [0.3, 0.4) is 0 Å². The fourth-order valence-electron chi connectivity index (χ4n) is 4.02. The van der Waals surface area contributed by atoms with Crippen molar-refractivity contribution >= 4 is 8.07 Å². The number of rotatable bonds is 0. The molecule has 0 aromatic carbocycles.